The summed E-state index contributed by atoms with van der Waals surface area (Å²) in [5.74, 6) is 0.806. The smallest absolute Gasteiger partial charge is 0.241 e. The molecule has 1 N–H and O–H groups in total. The first-order valence-electron chi connectivity index (χ1n) is 10.1. The summed E-state index contributed by atoms with van der Waals surface area (Å²) in [4.78, 5) is 12.6. The maximum Gasteiger partial charge on any atom is 0.241 e. The van der Waals surface area contributed by atoms with E-state index in [0.29, 0.717) is 18.0 Å². The van der Waals surface area contributed by atoms with E-state index < -0.39 is 10.0 Å². The van der Waals surface area contributed by atoms with Crippen LogP contribution in [0.25, 0.3) is 0 Å². The van der Waals surface area contributed by atoms with Crippen LogP contribution in [0.2, 0.25) is 0 Å². The Morgan fingerprint density at radius 3 is 2.03 bits per heavy atom. The van der Waals surface area contributed by atoms with Crippen LogP contribution in [0.3, 0.4) is 0 Å². The van der Waals surface area contributed by atoms with Crippen LogP contribution in [0, 0.1) is 11.8 Å². The van der Waals surface area contributed by atoms with Gasteiger partial charge in [0, 0.05) is 6.04 Å². The fourth-order valence-electron chi connectivity index (χ4n) is 3.31. The molecule has 6 nitrogen and oxygen atoms in total. The third-order valence-corrected chi connectivity index (χ3v) is 5.97. The minimum absolute atomic E-state index is 0.0207. The van der Waals surface area contributed by atoms with Crippen molar-refractivity contribution in [1.29, 1.82) is 0 Å². The minimum Gasteiger partial charge on any atom is -0.489 e. The van der Waals surface area contributed by atoms with Crippen LogP contribution in [0.1, 0.15) is 33.3 Å². The van der Waals surface area contributed by atoms with Crippen molar-refractivity contribution in [3.63, 3.8) is 0 Å². The van der Waals surface area contributed by atoms with Crippen molar-refractivity contribution in [2.75, 3.05) is 17.1 Å². The molecule has 0 heterocycles. The molecule has 0 saturated carbocycles. The van der Waals surface area contributed by atoms with Crippen LogP contribution >= 0.6 is 0 Å². The number of carbonyl (C=O) groups is 1. The molecule has 2 aromatic carbocycles. The summed E-state index contributed by atoms with van der Waals surface area (Å²) in [7, 11) is -3.63. The molecule has 0 bridgehead atoms. The second-order valence-corrected chi connectivity index (χ2v) is 10.0. The highest BCUT2D eigenvalue weighted by Gasteiger charge is 2.24. The van der Waals surface area contributed by atoms with E-state index in [4.69, 9.17) is 4.74 Å². The average molecular weight is 433 g/mol. The molecule has 0 unspecified atom stereocenters. The summed E-state index contributed by atoms with van der Waals surface area (Å²) < 4.78 is 31.5. The first-order chi connectivity index (χ1) is 14.1. The van der Waals surface area contributed by atoms with E-state index in [2.05, 4.69) is 5.32 Å². The molecular weight excluding hydrogens is 400 g/mol. The van der Waals surface area contributed by atoms with Gasteiger partial charge in [0.25, 0.3) is 0 Å². The Balaban J connectivity index is 2.08. The molecule has 0 saturated heterocycles. The molecule has 2 rings (SSSR count). The molecule has 1 amide bonds. The number of ether oxygens (including phenoxy) is 1. The van der Waals surface area contributed by atoms with E-state index in [1.165, 1.54) is 0 Å². The Labute approximate surface area is 180 Å². The Hall–Kier alpha value is -2.54. The Kier molecular flexibility index (Phi) is 8.29. The number of sulfonamides is 1. The van der Waals surface area contributed by atoms with Crippen LogP contribution in [0.5, 0.6) is 5.75 Å². The average Bonchev–Trinajstić information content (AvgIpc) is 2.68. The molecule has 0 radical (unpaired) electrons. The molecule has 0 atom stereocenters. The van der Waals surface area contributed by atoms with E-state index in [0.717, 1.165) is 16.1 Å². The van der Waals surface area contributed by atoms with Gasteiger partial charge in [-0.3, -0.25) is 9.10 Å². The second-order valence-electron chi connectivity index (χ2n) is 8.12. The predicted molar refractivity (Wildman–Crippen MR) is 121 cm³/mol. The standard InChI is InChI=1S/C23H32N2O4S/c1-17(2)23(18(3)4)24-22(26)15-25(30(5,27)28)20-11-13-21(14-12-20)29-16-19-9-7-6-8-10-19/h6-14,17-18,23H,15-16H2,1-5H3,(H,24,26). The van der Waals surface area contributed by atoms with Crippen LogP contribution in [0.15, 0.2) is 54.6 Å². The Morgan fingerprint density at radius 2 is 1.53 bits per heavy atom. The lowest BCUT2D eigenvalue weighted by molar-refractivity contribution is -0.121. The number of carbonyl (C=O) groups excluding carboxylic acids is 1. The fourth-order valence-corrected chi connectivity index (χ4v) is 4.17. The molecule has 0 spiro atoms. The van der Waals surface area contributed by atoms with Crippen molar-refractivity contribution >= 4 is 21.6 Å². The number of hydrogen-bond donors (Lipinski definition) is 1. The topological polar surface area (TPSA) is 75.7 Å². The number of hydrogen-bond acceptors (Lipinski definition) is 4. The molecular formula is C23H32N2O4S. The van der Waals surface area contributed by atoms with Gasteiger partial charge in [0.1, 0.15) is 18.9 Å². The molecule has 0 aliphatic carbocycles. The van der Waals surface area contributed by atoms with Crippen LogP contribution in [-0.4, -0.2) is 33.2 Å². The van der Waals surface area contributed by atoms with Crippen LogP contribution in [0.4, 0.5) is 5.69 Å². The van der Waals surface area contributed by atoms with Gasteiger partial charge >= 0.3 is 0 Å². The summed E-state index contributed by atoms with van der Waals surface area (Å²) in [6, 6.07) is 16.5. The number of nitrogens with zero attached hydrogens (tertiary/aromatic N) is 1. The normalized spacial score (nSPS) is 11.7. The summed E-state index contributed by atoms with van der Waals surface area (Å²) in [6.07, 6.45) is 1.10. The van der Waals surface area contributed by atoms with Gasteiger partial charge in [-0.15, -0.1) is 0 Å². The maximum absolute atomic E-state index is 12.6. The highest BCUT2D eigenvalue weighted by Crippen LogP contribution is 2.22. The first-order valence-corrected chi connectivity index (χ1v) is 12.0. The highest BCUT2D eigenvalue weighted by atomic mass is 32.2. The van der Waals surface area contributed by atoms with E-state index in [1.54, 1.807) is 24.3 Å². The van der Waals surface area contributed by atoms with Crippen molar-refractivity contribution in [3.8, 4) is 5.75 Å². The van der Waals surface area contributed by atoms with Gasteiger partial charge in [0.2, 0.25) is 15.9 Å². The zero-order valence-corrected chi connectivity index (χ0v) is 19.1. The fraction of sp³-hybridized carbons (Fsp3) is 0.435. The van der Waals surface area contributed by atoms with Gasteiger partial charge in [-0.25, -0.2) is 8.42 Å². The SMILES string of the molecule is CC(C)C(NC(=O)CN(c1ccc(OCc2ccccc2)cc1)S(C)(=O)=O)C(C)C. The number of nitrogens with one attached hydrogen (secondary N) is 1. The van der Waals surface area contributed by atoms with Gasteiger partial charge < -0.3 is 10.1 Å². The summed E-state index contributed by atoms with van der Waals surface area (Å²) in [6.45, 7) is 8.30. The zero-order chi connectivity index (χ0) is 22.3. The Bertz CT molecular complexity index is 902. The first kappa shape index (κ1) is 23.7. The molecule has 0 fully saturated rings. The number of amides is 1. The monoisotopic (exact) mass is 432 g/mol. The lowest BCUT2D eigenvalue weighted by Crippen LogP contribution is -2.47. The third kappa shape index (κ3) is 7.06. The van der Waals surface area contributed by atoms with E-state index in [1.807, 2.05) is 58.0 Å². The molecule has 0 aromatic heterocycles. The number of rotatable bonds is 10. The third-order valence-electron chi connectivity index (χ3n) is 4.82. The lowest BCUT2D eigenvalue weighted by Gasteiger charge is -2.28. The zero-order valence-electron chi connectivity index (χ0n) is 18.3. The summed E-state index contributed by atoms with van der Waals surface area (Å²) in [5.41, 5.74) is 1.46. The molecule has 0 aliphatic rings. The largest absolute Gasteiger partial charge is 0.489 e. The molecule has 2 aromatic rings. The quantitative estimate of drug-likeness (QED) is 0.619. The van der Waals surface area contributed by atoms with E-state index in [-0.39, 0.29) is 30.3 Å². The highest BCUT2D eigenvalue weighted by molar-refractivity contribution is 7.92. The lowest BCUT2D eigenvalue weighted by atomic mass is 9.93. The maximum atomic E-state index is 12.6. The van der Waals surface area contributed by atoms with Gasteiger partial charge in [-0.05, 0) is 41.7 Å². The number of benzene rings is 2. The van der Waals surface area contributed by atoms with Crippen molar-refractivity contribution < 1.29 is 17.9 Å². The van der Waals surface area contributed by atoms with Gasteiger partial charge in [0.05, 0.1) is 11.9 Å². The summed E-state index contributed by atoms with van der Waals surface area (Å²) >= 11 is 0. The van der Waals surface area contributed by atoms with E-state index in [9.17, 15) is 13.2 Å². The van der Waals surface area contributed by atoms with Crippen LogP contribution in [-0.2, 0) is 21.4 Å². The van der Waals surface area contributed by atoms with E-state index >= 15 is 0 Å². The molecule has 7 heteroatoms. The van der Waals surface area contributed by atoms with Gasteiger partial charge in [0.15, 0.2) is 0 Å². The Morgan fingerprint density at radius 1 is 0.967 bits per heavy atom. The predicted octanol–water partition coefficient (Wildman–Crippen LogP) is 3.83. The van der Waals surface area contributed by atoms with Gasteiger partial charge in [-0.1, -0.05) is 58.0 Å². The van der Waals surface area contributed by atoms with Crippen molar-refractivity contribution in [2.45, 2.75) is 40.3 Å². The van der Waals surface area contributed by atoms with Crippen LogP contribution < -0.4 is 14.4 Å². The van der Waals surface area contributed by atoms with Crippen molar-refractivity contribution in [3.05, 3.63) is 60.2 Å². The minimum atomic E-state index is -3.63. The van der Waals surface area contributed by atoms with Crippen molar-refractivity contribution in [1.82, 2.24) is 5.32 Å². The molecule has 164 valence electrons. The molecule has 0 aliphatic heterocycles. The van der Waals surface area contributed by atoms with Gasteiger partial charge in [-0.2, -0.15) is 0 Å². The second kappa shape index (κ2) is 10.5. The molecule has 30 heavy (non-hydrogen) atoms. The van der Waals surface area contributed by atoms with Crippen molar-refractivity contribution in [2.24, 2.45) is 11.8 Å². The number of anilines is 1. The summed E-state index contributed by atoms with van der Waals surface area (Å²) in [5, 5.41) is 2.97.